The summed E-state index contributed by atoms with van der Waals surface area (Å²) >= 11 is 0. The Morgan fingerprint density at radius 1 is 1.00 bits per heavy atom. The Kier molecular flexibility index (Phi) is 48.2. The second-order valence-corrected chi connectivity index (χ2v) is 0.707. The minimum absolute atomic E-state index is 0. The van der Waals surface area contributed by atoms with Gasteiger partial charge >= 0.3 is 16.5 Å². The van der Waals surface area contributed by atoms with Gasteiger partial charge in [-0.3, -0.25) is 5.48 Å². The summed E-state index contributed by atoms with van der Waals surface area (Å²) in [5.41, 5.74) is 0. The van der Waals surface area contributed by atoms with Crippen molar-refractivity contribution >= 4 is 0 Å². The maximum absolute atomic E-state index is 3.54. The van der Waals surface area contributed by atoms with Crippen molar-refractivity contribution < 1.29 is 22.0 Å². The van der Waals surface area contributed by atoms with Gasteiger partial charge in [0.2, 0.25) is 0 Å². The van der Waals surface area contributed by atoms with Crippen LogP contribution in [0.15, 0.2) is 0 Å². The molecular weight excluding hydrogens is 123 g/mol. The van der Waals surface area contributed by atoms with Crippen LogP contribution in [0.3, 0.4) is 0 Å². The zero-order valence-electron chi connectivity index (χ0n) is 3.59. The summed E-state index contributed by atoms with van der Waals surface area (Å²) < 4.78 is 0. The van der Waals surface area contributed by atoms with Crippen LogP contribution in [0.1, 0.15) is 12.8 Å². The predicted molar refractivity (Wildman–Crippen MR) is 21.9 cm³/mol. The van der Waals surface area contributed by atoms with Crippen LogP contribution in [0.2, 0.25) is 0 Å². The van der Waals surface area contributed by atoms with Crippen molar-refractivity contribution in [3.05, 3.63) is 13.8 Å². The first-order valence-corrected chi connectivity index (χ1v) is 1.50. The van der Waals surface area contributed by atoms with Gasteiger partial charge in [0.05, 0.1) is 0 Å². The van der Waals surface area contributed by atoms with E-state index in [0.717, 1.165) is 12.8 Å². The van der Waals surface area contributed by atoms with E-state index in [1.54, 1.807) is 0 Å². The van der Waals surface area contributed by atoms with Crippen molar-refractivity contribution in [2.24, 2.45) is 0 Å². The Bertz CT molecular complexity index is 9.51. The number of hydrogen-bond acceptors (Lipinski definition) is 0. The van der Waals surface area contributed by atoms with Gasteiger partial charge in [0.15, 0.2) is 0 Å². The minimum atomic E-state index is 0. The maximum Gasteiger partial charge on any atom is 2.00 e. The SMILES string of the molecule is [CH2-]CC[CH2-].[Ni+2].[OH]. The van der Waals surface area contributed by atoms with Crippen LogP contribution in [0.4, 0.5) is 0 Å². The molecule has 0 saturated carbocycles. The number of rotatable bonds is 1. The fraction of sp³-hybridized carbons (Fsp3) is 0.500. The smallest absolute Gasteiger partial charge is 0.346 e. The molecule has 0 aliphatic heterocycles. The van der Waals surface area contributed by atoms with Crippen LogP contribution in [0.25, 0.3) is 0 Å². The molecule has 0 aliphatic carbocycles. The van der Waals surface area contributed by atoms with Gasteiger partial charge in [-0.05, 0) is 0 Å². The molecule has 0 bridgehead atoms. The molecule has 0 rings (SSSR count). The second-order valence-electron chi connectivity index (χ2n) is 0.707. The van der Waals surface area contributed by atoms with Gasteiger partial charge in [-0.1, -0.05) is 0 Å². The van der Waals surface area contributed by atoms with Crippen molar-refractivity contribution in [1.29, 1.82) is 0 Å². The Balaban J connectivity index is -0.0000000450. The fourth-order valence-corrected chi connectivity index (χ4v) is 0. The van der Waals surface area contributed by atoms with E-state index >= 15 is 0 Å². The summed E-state index contributed by atoms with van der Waals surface area (Å²) in [6.07, 6.45) is 1.92. The number of unbranched alkanes of at least 4 members (excludes halogenated alkanes) is 1. The minimum Gasteiger partial charge on any atom is -0.346 e. The molecule has 0 amide bonds. The molecule has 1 N–H and O–H groups in total. The Hall–Kier alpha value is 0.454. The van der Waals surface area contributed by atoms with Gasteiger partial charge in [-0.15, -0.1) is 0 Å². The molecule has 2 heteroatoms. The molecule has 0 fully saturated rings. The summed E-state index contributed by atoms with van der Waals surface area (Å²) in [7, 11) is 0. The van der Waals surface area contributed by atoms with E-state index in [-0.39, 0.29) is 22.0 Å². The first kappa shape index (κ1) is 16.1. The molecule has 6 heavy (non-hydrogen) atoms. The summed E-state index contributed by atoms with van der Waals surface area (Å²) in [4.78, 5) is 0. The molecule has 0 spiro atoms. The van der Waals surface area contributed by atoms with Crippen molar-refractivity contribution in [2.45, 2.75) is 12.8 Å². The van der Waals surface area contributed by atoms with E-state index in [1.165, 1.54) is 0 Å². The van der Waals surface area contributed by atoms with Gasteiger partial charge in [-0.25, -0.2) is 12.8 Å². The molecule has 41 valence electrons. The third-order valence-electron chi connectivity index (χ3n) is 0.250. The largest absolute Gasteiger partial charge is 2.00 e. The van der Waals surface area contributed by atoms with Crippen LogP contribution in [0, 0.1) is 13.8 Å². The first-order chi connectivity index (χ1) is 1.91. The van der Waals surface area contributed by atoms with Crippen LogP contribution >= 0.6 is 0 Å². The molecule has 0 aromatic heterocycles. The number of hydrogen-bond donors (Lipinski definition) is 1. The van der Waals surface area contributed by atoms with Gasteiger partial charge in [0.25, 0.3) is 0 Å². The molecule has 0 atom stereocenters. The van der Waals surface area contributed by atoms with E-state index in [0.29, 0.717) is 0 Å². The zero-order chi connectivity index (χ0) is 3.41. The van der Waals surface area contributed by atoms with E-state index in [1.807, 2.05) is 0 Å². The van der Waals surface area contributed by atoms with Crippen LogP contribution in [-0.2, 0) is 16.5 Å². The zero-order valence-corrected chi connectivity index (χ0v) is 4.58. The van der Waals surface area contributed by atoms with Crippen molar-refractivity contribution in [3.63, 3.8) is 0 Å². The summed E-state index contributed by atoms with van der Waals surface area (Å²) in [6.45, 7) is 7.08. The van der Waals surface area contributed by atoms with Crippen molar-refractivity contribution in [3.8, 4) is 0 Å². The normalized spacial score (nSPS) is 5.00. The van der Waals surface area contributed by atoms with Crippen LogP contribution in [0.5, 0.6) is 0 Å². The Morgan fingerprint density at radius 2 is 1.17 bits per heavy atom. The molecule has 0 heterocycles. The molecule has 0 saturated heterocycles. The summed E-state index contributed by atoms with van der Waals surface area (Å²) in [5, 5.41) is 0. The van der Waals surface area contributed by atoms with Gasteiger partial charge in [0.1, 0.15) is 0 Å². The average molecular weight is 132 g/mol. The molecule has 0 aliphatic rings. The molecule has 0 aromatic rings. The van der Waals surface area contributed by atoms with E-state index in [2.05, 4.69) is 13.8 Å². The van der Waals surface area contributed by atoms with Crippen molar-refractivity contribution in [2.75, 3.05) is 0 Å². The van der Waals surface area contributed by atoms with E-state index in [4.69, 9.17) is 0 Å². The molecule has 1 radical (unpaired) electrons. The maximum atomic E-state index is 3.54. The molecule has 0 aromatic carbocycles. The first-order valence-electron chi connectivity index (χ1n) is 1.50. The fourth-order valence-electron chi connectivity index (χ4n) is 0. The topological polar surface area (TPSA) is 30.0 Å². The monoisotopic (exact) mass is 131 g/mol. The molecular formula is C4H9NiO. The van der Waals surface area contributed by atoms with Gasteiger partial charge < -0.3 is 13.8 Å². The van der Waals surface area contributed by atoms with Crippen LogP contribution < -0.4 is 0 Å². The second kappa shape index (κ2) is 18.0. The molecule has 1 nitrogen and oxygen atoms in total. The van der Waals surface area contributed by atoms with Crippen LogP contribution in [-0.4, -0.2) is 5.48 Å². The predicted octanol–water partition coefficient (Wildman–Crippen LogP) is 1.26. The summed E-state index contributed by atoms with van der Waals surface area (Å²) in [6, 6.07) is 0. The average Bonchev–Trinajstić information content (AvgIpc) is 1.37. The molecule has 0 unspecified atom stereocenters. The third-order valence-corrected chi connectivity index (χ3v) is 0.250. The van der Waals surface area contributed by atoms with Gasteiger partial charge in [-0.2, -0.15) is 0 Å². The Morgan fingerprint density at radius 3 is 1.17 bits per heavy atom. The van der Waals surface area contributed by atoms with Gasteiger partial charge in [0, 0.05) is 0 Å². The standard InChI is InChI=1S/C4H8.Ni.HO/c1-3-4-2;;/h1-4H2;;1H/q-2;+2;. The quantitative estimate of drug-likeness (QED) is 0.411. The summed E-state index contributed by atoms with van der Waals surface area (Å²) in [5.74, 6) is 0. The third kappa shape index (κ3) is 25.1. The van der Waals surface area contributed by atoms with E-state index in [9.17, 15) is 0 Å². The van der Waals surface area contributed by atoms with E-state index < -0.39 is 0 Å². The van der Waals surface area contributed by atoms with Crippen molar-refractivity contribution in [1.82, 2.24) is 0 Å². The Labute approximate surface area is 49.4 Å².